The Morgan fingerprint density at radius 3 is 2.26 bits per heavy atom. The van der Waals surface area contributed by atoms with E-state index in [0.29, 0.717) is 12.1 Å². The molecule has 0 unspecified atom stereocenters. The molecule has 0 aliphatic carbocycles. The van der Waals surface area contributed by atoms with Gasteiger partial charge in [-0.15, -0.1) is 0 Å². The van der Waals surface area contributed by atoms with Crippen LogP contribution >= 0.6 is 0 Å². The first kappa shape index (κ1) is 21.1. The van der Waals surface area contributed by atoms with E-state index >= 15 is 0 Å². The van der Waals surface area contributed by atoms with Crippen LogP contribution in [0.3, 0.4) is 0 Å². The average Bonchev–Trinajstić information content (AvgIpc) is 2.82. The van der Waals surface area contributed by atoms with E-state index in [1.165, 1.54) is 6.07 Å². The van der Waals surface area contributed by atoms with Gasteiger partial charge < -0.3 is 9.64 Å². The number of rotatable bonds is 6. The van der Waals surface area contributed by atoms with Crippen LogP contribution in [0.2, 0.25) is 0 Å². The molecule has 1 aliphatic heterocycles. The van der Waals surface area contributed by atoms with Gasteiger partial charge in [0, 0.05) is 42.5 Å². The van der Waals surface area contributed by atoms with E-state index < -0.39 is 0 Å². The molecule has 5 heteroatoms. The van der Waals surface area contributed by atoms with E-state index in [-0.39, 0.29) is 17.8 Å². The molecule has 0 saturated carbocycles. The second-order valence-electron chi connectivity index (χ2n) is 7.84. The Morgan fingerprint density at radius 1 is 0.968 bits per heavy atom. The van der Waals surface area contributed by atoms with E-state index in [9.17, 15) is 9.18 Å². The Bertz CT molecular complexity index is 999. The number of ether oxygens (including phenoxy) is 1. The number of amides is 1. The number of benzene rings is 3. The van der Waals surface area contributed by atoms with Gasteiger partial charge >= 0.3 is 0 Å². The lowest BCUT2D eigenvalue weighted by atomic mass is 10.00. The highest BCUT2D eigenvalue weighted by Gasteiger charge is 2.30. The van der Waals surface area contributed by atoms with Crippen molar-refractivity contribution in [3.05, 3.63) is 95.8 Å². The lowest BCUT2D eigenvalue weighted by Crippen LogP contribution is -2.47. The topological polar surface area (TPSA) is 32.8 Å². The fraction of sp³-hybridized carbons (Fsp3) is 0.269. The summed E-state index contributed by atoms with van der Waals surface area (Å²) in [4.78, 5) is 17.7. The molecule has 0 atom stereocenters. The second kappa shape index (κ2) is 9.75. The van der Waals surface area contributed by atoms with E-state index in [1.807, 2.05) is 71.6 Å². The Hall–Kier alpha value is -3.18. The molecule has 0 aromatic heterocycles. The van der Waals surface area contributed by atoms with Gasteiger partial charge in [-0.1, -0.05) is 36.4 Å². The predicted molar refractivity (Wildman–Crippen MR) is 121 cm³/mol. The number of carbonyl (C=O) groups is 1. The number of likely N-dealkylation sites (tertiary alicyclic amines) is 1. The average molecular weight is 419 g/mol. The van der Waals surface area contributed by atoms with Crippen molar-refractivity contribution in [1.29, 1.82) is 0 Å². The molecular weight excluding hydrogens is 391 g/mol. The Balaban J connectivity index is 1.50. The van der Waals surface area contributed by atoms with Gasteiger partial charge in [0.1, 0.15) is 11.6 Å². The van der Waals surface area contributed by atoms with Gasteiger partial charge in [0.25, 0.3) is 5.91 Å². The van der Waals surface area contributed by atoms with Gasteiger partial charge in [-0.05, 0) is 55.3 Å². The maximum Gasteiger partial charge on any atom is 0.258 e. The van der Waals surface area contributed by atoms with Crippen molar-refractivity contribution in [3.63, 3.8) is 0 Å². The fourth-order valence-electron chi connectivity index (χ4n) is 4.16. The molecule has 3 aromatic rings. The zero-order valence-corrected chi connectivity index (χ0v) is 17.7. The molecular formula is C26H27FN2O2. The third kappa shape index (κ3) is 4.94. The molecule has 1 saturated heterocycles. The van der Waals surface area contributed by atoms with Gasteiger partial charge in [0.2, 0.25) is 0 Å². The molecule has 3 aromatic carbocycles. The number of piperidine rings is 1. The zero-order chi connectivity index (χ0) is 21.6. The Labute approximate surface area is 182 Å². The number of anilines is 1. The minimum atomic E-state index is -0.162. The summed E-state index contributed by atoms with van der Waals surface area (Å²) >= 11 is 0. The summed E-state index contributed by atoms with van der Waals surface area (Å²) in [6.07, 6.45) is 1.68. The summed E-state index contributed by atoms with van der Waals surface area (Å²) in [6.45, 7) is 2.23. The minimum Gasteiger partial charge on any atom is -0.497 e. The molecule has 0 spiro atoms. The van der Waals surface area contributed by atoms with Gasteiger partial charge in [-0.3, -0.25) is 9.69 Å². The smallest absolute Gasteiger partial charge is 0.258 e. The van der Waals surface area contributed by atoms with E-state index in [4.69, 9.17) is 4.74 Å². The van der Waals surface area contributed by atoms with Crippen molar-refractivity contribution in [3.8, 4) is 5.75 Å². The number of para-hydroxylation sites is 1. The Kier molecular flexibility index (Phi) is 6.63. The molecule has 160 valence electrons. The maximum absolute atomic E-state index is 14.0. The van der Waals surface area contributed by atoms with E-state index in [0.717, 1.165) is 42.9 Å². The number of hydrogen-bond acceptors (Lipinski definition) is 3. The van der Waals surface area contributed by atoms with Crippen LogP contribution < -0.4 is 9.64 Å². The molecule has 0 bridgehead atoms. The summed E-state index contributed by atoms with van der Waals surface area (Å²) in [5.41, 5.74) is 2.25. The maximum atomic E-state index is 14.0. The van der Waals surface area contributed by atoms with Gasteiger partial charge in [0.05, 0.1) is 7.11 Å². The van der Waals surface area contributed by atoms with Crippen molar-refractivity contribution in [2.75, 3.05) is 25.1 Å². The van der Waals surface area contributed by atoms with Crippen molar-refractivity contribution in [2.24, 2.45) is 0 Å². The lowest BCUT2D eigenvalue weighted by Gasteiger charge is -2.38. The van der Waals surface area contributed by atoms with Gasteiger partial charge in [0.15, 0.2) is 0 Å². The standard InChI is InChI=1S/C26H27FN2O2/c1-31-24-13-11-20(12-14-24)26(30)29(22-8-3-2-4-9-22)23-15-17-28(18-16-23)19-21-7-5-6-10-25(21)27/h2-14,23H,15-19H2,1H3. The minimum absolute atomic E-state index is 0.0126. The summed E-state index contributed by atoms with van der Waals surface area (Å²) in [7, 11) is 1.61. The number of methoxy groups -OCH3 is 1. The highest BCUT2D eigenvalue weighted by atomic mass is 19.1. The van der Waals surface area contributed by atoms with E-state index in [1.54, 1.807) is 13.2 Å². The molecule has 0 radical (unpaired) electrons. The van der Waals surface area contributed by atoms with Crippen LogP contribution in [0.4, 0.5) is 10.1 Å². The highest BCUT2D eigenvalue weighted by molar-refractivity contribution is 6.06. The van der Waals surface area contributed by atoms with Crippen molar-refractivity contribution < 1.29 is 13.9 Å². The zero-order valence-electron chi connectivity index (χ0n) is 17.7. The molecule has 1 heterocycles. The third-order valence-electron chi connectivity index (χ3n) is 5.86. The van der Waals surface area contributed by atoms with Crippen LogP contribution in [0.5, 0.6) is 5.75 Å². The molecule has 4 nitrogen and oxygen atoms in total. The normalized spacial score (nSPS) is 14.9. The summed E-state index contributed by atoms with van der Waals surface area (Å²) in [6, 6.07) is 24.1. The Morgan fingerprint density at radius 2 is 1.61 bits per heavy atom. The van der Waals surface area contributed by atoms with E-state index in [2.05, 4.69) is 4.90 Å². The summed E-state index contributed by atoms with van der Waals surface area (Å²) < 4.78 is 19.3. The number of carbonyl (C=O) groups excluding carboxylic acids is 1. The van der Waals surface area contributed by atoms with Gasteiger partial charge in [-0.25, -0.2) is 4.39 Å². The monoisotopic (exact) mass is 418 g/mol. The van der Waals surface area contributed by atoms with Crippen LogP contribution in [0.1, 0.15) is 28.8 Å². The molecule has 1 aliphatic rings. The van der Waals surface area contributed by atoms with Crippen LogP contribution in [0, 0.1) is 5.82 Å². The number of nitrogens with zero attached hydrogens (tertiary/aromatic N) is 2. The fourth-order valence-corrected chi connectivity index (χ4v) is 4.16. The largest absolute Gasteiger partial charge is 0.497 e. The van der Waals surface area contributed by atoms with Crippen LogP contribution in [-0.2, 0) is 6.54 Å². The highest BCUT2D eigenvalue weighted by Crippen LogP contribution is 2.27. The first-order valence-electron chi connectivity index (χ1n) is 10.6. The predicted octanol–water partition coefficient (Wildman–Crippen LogP) is 5.15. The van der Waals surface area contributed by atoms with Crippen LogP contribution in [0.25, 0.3) is 0 Å². The number of hydrogen-bond donors (Lipinski definition) is 0. The SMILES string of the molecule is COc1ccc(C(=O)N(c2ccccc2)C2CCN(Cc3ccccc3F)CC2)cc1. The van der Waals surface area contributed by atoms with Crippen molar-refractivity contribution >= 4 is 11.6 Å². The van der Waals surface area contributed by atoms with Crippen molar-refractivity contribution in [2.45, 2.75) is 25.4 Å². The molecule has 1 amide bonds. The quantitative estimate of drug-likeness (QED) is 0.555. The molecule has 4 rings (SSSR count). The molecule has 1 fully saturated rings. The first-order chi connectivity index (χ1) is 15.2. The lowest BCUT2D eigenvalue weighted by molar-refractivity contribution is 0.0958. The summed E-state index contributed by atoms with van der Waals surface area (Å²) in [5.74, 6) is 0.552. The molecule has 31 heavy (non-hydrogen) atoms. The third-order valence-corrected chi connectivity index (χ3v) is 5.86. The number of halogens is 1. The second-order valence-corrected chi connectivity index (χ2v) is 7.84. The molecule has 0 N–H and O–H groups in total. The first-order valence-corrected chi connectivity index (χ1v) is 10.6. The van der Waals surface area contributed by atoms with Crippen LogP contribution in [-0.4, -0.2) is 37.0 Å². The van der Waals surface area contributed by atoms with Crippen LogP contribution in [0.15, 0.2) is 78.9 Å². The van der Waals surface area contributed by atoms with Crippen molar-refractivity contribution in [1.82, 2.24) is 4.90 Å². The summed E-state index contributed by atoms with van der Waals surface area (Å²) in [5, 5.41) is 0. The van der Waals surface area contributed by atoms with Gasteiger partial charge in [-0.2, -0.15) is 0 Å².